The normalized spacial score (nSPS) is 20.1. The molecule has 6 nitrogen and oxygen atoms in total. The number of carbonyl (C=O) groups is 2. The predicted octanol–water partition coefficient (Wildman–Crippen LogP) is 2.44. The molecule has 0 radical (unpaired) electrons. The lowest BCUT2D eigenvalue weighted by molar-refractivity contribution is -0.149. The third-order valence-electron chi connectivity index (χ3n) is 4.72. The van der Waals surface area contributed by atoms with Crippen molar-refractivity contribution < 1.29 is 19.1 Å². The summed E-state index contributed by atoms with van der Waals surface area (Å²) in [6.07, 6.45) is 1.26. The van der Waals surface area contributed by atoms with E-state index in [1.54, 1.807) is 11.6 Å². The number of aryl methyl sites for hydroxylation is 2. The van der Waals surface area contributed by atoms with Gasteiger partial charge in [0.15, 0.2) is 0 Å². The number of carbonyl (C=O) groups excluding carboxylic acids is 1. The van der Waals surface area contributed by atoms with E-state index in [0.717, 1.165) is 16.8 Å². The second kappa shape index (κ2) is 5.98. The van der Waals surface area contributed by atoms with Gasteiger partial charge in [-0.3, -0.25) is 4.79 Å². The van der Waals surface area contributed by atoms with Crippen molar-refractivity contribution in [1.82, 2.24) is 14.7 Å². The Morgan fingerprint density at radius 3 is 2.64 bits per heavy atom. The van der Waals surface area contributed by atoms with E-state index < -0.39 is 24.1 Å². The number of aromatic nitrogens is 2. The monoisotopic (exact) mass is 345 g/mol. The Labute approximate surface area is 144 Å². The Morgan fingerprint density at radius 2 is 2.00 bits per heavy atom. The van der Waals surface area contributed by atoms with Gasteiger partial charge in [-0.15, -0.1) is 0 Å². The molecule has 0 saturated carbocycles. The Hall–Kier alpha value is -2.70. The van der Waals surface area contributed by atoms with E-state index in [2.05, 4.69) is 5.10 Å². The van der Waals surface area contributed by atoms with Crippen LogP contribution in [0.5, 0.6) is 0 Å². The van der Waals surface area contributed by atoms with Crippen LogP contribution in [0, 0.1) is 20.8 Å². The Bertz CT molecular complexity index is 861. The highest BCUT2D eigenvalue weighted by molar-refractivity contribution is 5.96. The minimum absolute atomic E-state index is 0.0791. The summed E-state index contributed by atoms with van der Waals surface area (Å²) >= 11 is 0. The first-order valence-corrected chi connectivity index (χ1v) is 8.07. The summed E-state index contributed by atoms with van der Waals surface area (Å²) in [5.41, 5.74) is 1.61. The lowest BCUT2D eigenvalue weighted by atomic mass is 10.1. The van der Waals surface area contributed by atoms with E-state index in [-0.39, 0.29) is 13.0 Å². The molecule has 0 spiro atoms. The largest absolute Gasteiger partial charge is 0.479 e. The molecule has 1 fully saturated rings. The zero-order valence-corrected chi connectivity index (χ0v) is 14.4. The number of hydrogen-bond acceptors (Lipinski definition) is 3. The van der Waals surface area contributed by atoms with Crippen molar-refractivity contribution in [2.24, 2.45) is 0 Å². The quantitative estimate of drug-likeness (QED) is 0.927. The maximum absolute atomic E-state index is 14.2. The van der Waals surface area contributed by atoms with Crippen molar-refractivity contribution in [2.45, 2.75) is 32.9 Å². The van der Waals surface area contributed by atoms with Gasteiger partial charge in [0.25, 0.3) is 5.91 Å². The van der Waals surface area contributed by atoms with Gasteiger partial charge in [0.05, 0.1) is 29.7 Å². The first kappa shape index (κ1) is 17.1. The maximum Gasteiger partial charge on any atom is 0.343 e. The van der Waals surface area contributed by atoms with Gasteiger partial charge in [0.1, 0.15) is 0 Å². The smallest absolute Gasteiger partial charge is 0.343 e. The summed E-state index contributed by atoms with van der Waals surface area (Å²) in [7, 11) is 0. The summed E-state index contributed by atoms with van der Waals surface area (Å²) in [5.74, 6) is -1.92. The van der Waals surface area contributed by atoms with Crippen LogP contribution in [0.15, 0.2) is 24.4 Å². The van der Waals surface area contributed by atoms with Gasteiger partial charge in [0, 0.05) is 13.0 Å². The number of alkyl halides is 1. The van der Waals surface area contributed by atoms with Crippen LogP contribution in [0.1, 0.15) is 33.6 Å². The fourth-order valence-corrected chi connectivity index (χ4v) is 3.10. The number of nitrogens with zero attached hydrogens (tertiary/aromatic N) is 3. The summed E-state index contributed by atoms with van der Waals surface area (Å²) in [5, 5.41) is 13.3. The second-order valence-corrected chi connectivity index (χ2v) is 6.59. The van der Waals surface area contributed by atoms with Gasteiger partial charge in [0.2, 0.25) is 5.67 Å². The van der Waals surface area contributed by atoms with E-state index in [9.17, 15) is 14.0 Å². The molecule has 0 unspecified atom stereocenters. The molecule has 1 aliphatic rings. The van der Waals surface area contributed by atoms with Crippen LogP contribution in [0.2, 0.25) is 0 Å². The van der Waals surface area contributed by atoms with Crippen molar-refractivity contribution in [3.63, 3.8) is 0 Å². The standard InChI is InChI=1S/C18H20FN3O3/c1-11-4-5-12(2)15(8-11)22-13(3)14(9-20-22)16(23)21-7-6-18(19,10-21)17(24)25/h4-5,8-9H,6-7,10H2,1-3H3,(H,24,25)/t18-/m0/s1. The molecule has 1 aliphatic heterocycles. The molecular weight excluding hydrogens is 325 g/mol. The number of carboxylic acid groups (broad SMARTS) is 1. The third-order valence-corrected chi connectivity index (χ3v) is 4.72. The summed E-state index contributed by atoms with van der Waals surface area (Å²) in [6, 6.07) is 5.97. The SMILES string of the molecule is Cc1ccc(C)c(-n2ncc(C(=O)N3CC[C@@](F)(C(=O)O)C3)c2C)c1. The highest BCUT2D eigenvalue weighted by Crippen LogP contribution is 2.28. The van der Waals surface area contributed by atoms with Crippen LogP contribution in [0.3, 0.4) is 0 Å². The van der Waals surface area contributed by atoms with Gasteiger partial charge in [-0.25, -0.2) is 13.9 Å². The van der Waals surface area contributed by atoms with E-state index in [4.69, 9.17) is 5.11 Å². The molecule has 25 heavy (non-hydrogen) atoms. The van der Waals surface area contributed by atoms with Crippen LogP contribution in [-0.2, 0) is 4.79 Å². The van der Waals surface area contributed by atoms with Crippen molar-refractivity contribution in [3.8, 4) is 5.69 Å². The van der Waals surface area contributed by atoms with Crippen molar-refractivity contribution in [2.75, 3.05) is 13.1 Å². The van der Waals surface area contributed by atoms with Gasteiger partial charge in [-0.2, -0.15) is 5.10 Å². The zero-order valence-electron chi connectivity index (χ0n) is 14.4. The fraction of sp³-hybridized carbons (Fsp3) is 0.389. The van der Waals surface area contributed by atoms with Crippen LogP contribution in [-0.4, -0.2) is 50.4 Å². The summed E-state index contributed by atoms with van der Waals surface area (Å²) in [6.45, 7) is 5.36. The zero-order chi connectivity index (χ0) is 18.4. The predicted molar refractivity (Wildman–Crippen MR) is 89.8 cm³/mol. The topological polar surface area (TPSA) is 75.4 Å². The van der Waals surface area contributed by atoms with E-state index in [1.807, 2.05) is 32.0 Å². The Kier molecular flexibility index (Phi) is 4.10. The lowest BCUT2D eigenvalue weighted by Crippen LogP contribution is -2.39. The van der Waals surface area contributed by atoms with Crippen LogP contribution in [0.25, 0.3) is 5.69 Å². The molecule has 7 heteroatoms. The van der Waals surface area contributed by atoms with Gasteiger partial charge in [-0.05, 0) is 38.0 Å². The number of halogens is 1. The number of aliphatic carboxylic acids is 1. The molecule has 132 valence electrons. The number of likely N-dealkylation sites (tertiary alicyclic amines) is 1. The average Bonchev–Trinajstić information content (AvgIpc) is 3.14. The molecule has 1 saturated heterocycles. The highest BCUT2D eigenvalue weighted by atomic mass is 19.1. The van der Waals surface area contributed by atoms with Crippen molar-refractivity contribution in [3.05, 3.63) is 46.8 Å². The minimum Gasteiger partial charge on any atom is -0.479 e. The van der Waals surface area contributed by atoms with Gasteiger partial charge < -0.3 is 10.0 Å². The molecule has 0 aliphatic carbocycles. The molecule has 0 bridgehead atoms. The lowest BCUT2D eigenvalue weighted by Gasteiger charge is -2.17. The average molecular weight is 345 g/mol. The molecule has 1 aromatic carbocycles. The van der Waals surface area contributed by atoms with Gasteiger partial charge >= 0.3 is 5.97 Å². The highest BCUT2D eigenvalue weighted by Gasteiger charge is 2.47. The molecule has 1 N–H and O–H groups in total. The molecule has 2 aromatic rings. The number of benzene rings is 1. The molecular formula is C18H20FN3O3. The van der Waals surface area contributed by atoms with E-state index in [0.29, 0.717) is 11.3 Å². The first-order valence-electron chi connectivity index (χ1n) is 8.07. The number of amides is 1. The number of hydrogen-bond donors (Lipinski definition) is 1. The Balaban J connectivity index is 1.90. The summed E-state index contributed by atoms with van der Waals surface area (Å²) < 4.78 is 15.9. The molecule has 1 aromatic heterocycles. The molecule has 2 heterocycles. The van der Waals surface area contributed by atoms with Gasteiger partial charge in [-0.1, -0.05) is 12.1 Å². The fourth-order valence-electron chi connectivity index (χ4n) is 3.10. The molecule has 1 amide bonds. The summed E-state index contributed by atoms with van der Waals surface area (Å²) in [4.78, 5) is 25.0. The Morgan fingerprint density at radius 1 is 1.28 bits per heavy atom. The van der Waals surface area contributed by atoms with E-state index in [1.165, 1.54) is 11.1 Å². The van der Waals surface area contributed by atoms with Crippen LogP contribution < -0.4 is 0 Å². The molecule has 3 rings (SSSR count). The third kappa shape index (κ3) is 2.90. The minimum atomic E-state index is -2.37. The number of rotatable bonds is 3. The second-order valence-electron chi connectivity index (χ2n) is 6.59. The van der Waals surface area contributed by atoms with Crippen LogP contribution in [0.4, 0.5) is 4.39 Å². The van der Waals surface area contributed by atoms with Crippen LogP contribution >= 0.6 is 0 Å². The van der Waals surface area contributed by atoms with Crippen molar-refractivity contribution in [1.29, 1.82) is 0 Å². The number of carboxylic acids is 1. The van der Waals surface area contributed by atoms with Crippen molar-refractivity contribution >= 4 is 11.9 Å². The maximum atomic E-state index is 14.2. The first-order chi connectivity index (χ1) is 11.7. The molecule has 1 atom stereocenters. The van der Waals surface area contributed by atoms with E-state index >= 15 is 0 Å².